The van der Waals surface area contributed by atoms with Gasteiger partial charge < -0.3 is 14.8 Å². The number of rotatable bonds is 7. The van der Waals surface area contributed by atoms with Gasteiger partial charge in [0.05, 0.1) is 14.2 Å². The molecule has 4 aromatic carbocycles. The Kier molecular flexibility index (Phi) is 6.01. The van der Waals surface area contributed by atoms with E-state index in [0.29, 0.717) is 0 Å². The van der Waals surface area contributed by atoms with Crippen molar-refractivity contribution in [1.29, 1.82) is 0 Å². The van der Waals surface area contributed by atoms with Crippen LogP contribution in [0.15, 0.2) is 84.9 Å². The van der Waals surface area contributed by atoms with E-state index >= 15 is 0 Å². The maximum Gasteiger partial charge on any atom is 0.126 e. The number of fused-ring (bicyclic) bond motifs is 1. The van der Waals surface area contributed by atoms with Crippen LogP contribution in [0.5, 0.6) is 11.5 Å². The van der Waals surface area contributed by atoms with Gasteiger partial charge in [-0.3, -0.25) is 0 Å². The van der Waals surface area contributed by atoms with Crippen LogP contribution in [0, 0.1) is 0 Å². The second kappa shape index (κ2) is 9.02. The summed E-state index contributed by atoms with van der Waals surface area (Å²) in [5, 5.41) is 6.25. The van der Waals surface area contributed by atoms with Crippen LogP contribution >= 0.6 is 0 Å². The predicted octanol–water partition coefficient (Wildman–Crippen LogP) is 6.37. The Labute approximate surface area is 178 Å². The maximum atomic E-state index is 5.61. The molecule has 0 aliphatic rings. The van der Waals surface area contributed by atoms with Gasteiger partial charge in [-0.05, 0) is 58.7 Å². The molecule has 0 aliphatic heterocycles. The molecule has 0 aromatic heterocycles. The van der Waals surface area contributed by atoms with Crippen LogP contribution in [0.3, 0.4) is 0 Å². The second-order valence-electron chi connectivity index (χ2n) is 7.44. The van der Waals surface area contributed by atoms with E-state index in [1.54, 1.807) is 14.2 Å². The van der Waals surface area contributed by atoms with Crippen molar-refractivity contribution in [2.24, 2.45) is 0 Å². The van der Waals surface area contributed by atoms with Gasteiger partial charge in [0, 0.05) is 18.2 Å². The fourth-order valence-electron chi connectivity index (χ4n) is 3.89. The minimum Gasteiger partial charge on any atom is -0.497 e. The molecule has 3 heteroatoms. The first-order valence-electron chi connectivity index (χ1n) is 10.2. The summed E-state index contributed by atoms with van der Waals surface area (Å²) < 4.78 is 11.0. The average molecular weight is 398 g/mol. The zero-order valence-electron chi connectivity index (χ0n) is 17.7. The number of benzene rings is 4. The Hall–Kier alpha value is -3.30. The van der Waals surface area contributed by atoms with Crippen LogP contribution < -0.4 is 14.8 Å². The van der Waals surface area contributed by atoms with Gasteiger partial charge in [-0.25, -0.2) is 0 Å². The van der Waals surface area contributed by atoms with Crippen LogP contribution in [0.2, 0.25) is 0 Å². The lowest BCUT2D eigenvalue weighted by molar-refractivity contribution is 0.413. The summed E-state index contributed by atoms with van der Waals surface area (Å²) in [5.74, 6) is 1.69. The highest BCUT2D eigenvalue weighted by Crippen LogP contribution is 2.33. The third kappa shape index (κ3) is 4.17. The molecule has 0 fully saturated rings. The van der Waals surface area contributed by atoms with Crippen LogP contribution in [0.25, 0.3) is 21.9 Å². The second-order valence-corrected chi connectivity index (χ2v) is 7.44. The lowest BCUT2D eigenvalue weighted by Crippen LogP contribution is -2.18. The van der Waals surface area contributed by atoms with Gasteiger partial charge in [-0.15, -0.1) is 0 Å². The van der Waals surface area contributed by atoms with Crippen molar-refractivity contribution in [2.45, 2.75) is 19.5 Å². The molecular formula is C27H27NO2. The maximum absolute atomic E-state index is 5.61. The van der Waals surface area contributed by atoms with E-state index in [4.69, 9.17) is 9.47 Å². The van der Waals surface area contributed by atoms with Gasteiger partial charge in [0.25, 0.3) is 0 Å². The van der Waals surface area contributed by atoms with E-state index < -0.39 is 0 Å². The molecule has 0 amide bonds. The summed E-state index contributed by atoms with van der Waals surface area (Å²) in [6, 6.07) is 29.7. The van der Waals surface area contributed by atoms with Crippen molar-refractivity contribution in [2.75, 3.05) is 14.2 Å². The molecule has 4 aromatic rings. The molecule has 30 heavy (non-hydrogen) atoms. The lowest BCUT2D eigenvalue weighted by Gasteiger charge is -2.18. The van der Waals surface area contributed by atoms with Crippen molar-refractivity contribution in [3.8, 4) is 22.6 Å². The summed E-state index contributed by atoms with van der Waals surface area (Å²) in [4.78, 5) is 0. The molecule has 1 atom stereocenters. The van der Waals surface area contributed by atoms with Crippen molar-refractivity contribution < 1.29 is 9.47 Å². The van der Waals surface area contributed by atoms with Gasteiger partial charge in [0.15, 0.2) is 0 Å². The first-order chi connectivity index (χ1) is 14.7. The Morgan fingerprint density at radius 3 is 2.43 bits per heavy atom. The van der Waals surface area contributed by atoms with Crippen molar-refractivity contribution >= 4 is 10.8 Å². The summed E-state index contributed by atoms with van der Waals surface area (Å²) >= 11 is 0. The molecule has 1 N–H and O–H groups in total. The molecule has 0 radical (unpaired) electrons. The normalized spacial score (nSPS) is 12.0. The van der Waals surface area contributed by atoms with Crippen LogP contribution in [0.4, 0.5) is 0 Å². The fourth-order valence-corrected chi connectivity index (χ4v) is 3.89. The first-order valence-corrected chi connectivity index (χ1v) is 10.2. The van der Waals surface area contributed by atoms with E-state index in [9.17, 15) is 0 Å². The van der Waals surface area contributed by atoms with Crippen molar-refractivity contribution in [3.63, 3.8) is 0 Å². The zero-order chi connectivity index (χ0) is 20.9. The Morgan fingerprint density at radius 1 is 0.800 bits per heavy atom. The fraction of sp³-hybridized carbons (Fsp3) is 0.185. The minimum absolute atomic E-state index is 0.235. The summed E-state index contributed by atoms with van der Waals surface area (Å²) in [6.45, 7) is 2.99. The van der Waals surface area contributed by atoms with Gasteiger partial charge in [0.1, 0.15) is 11.5 Å². The SMILES string of the molecule is COc1cccc(-c2cc(CN[C@H](C)c3cccc4ccccc34)ccc2OC)c1. The third-order valence-electron chi connectivity index (χ3n) is 5.55. The van der Waals surface area contributed by atoms with Gasteiger partial charge in [0.2, 0.25) is 0 Å². The molecule has 0 bridgehead atoms. The average Bonchev–Trinajstić information content (AvgIpc) is 2.82. The minimum atomic E-state index is 0.235. The molecule has 0 unspecified atom stereocenters. The van der Waals surface area contributed by atoms with E-state index in [1.165, 1.54) is 21.9 Å². The summed E-state index contributed by atoms with van der Waals surface area (Å²) in [6.07, 6.45) is 0. The Morgan fingerprint density at radius 2 is 1.60 bits per heavy atom. The molecule has 152 valence electrons. The summed E-state index contributed by atoms with van der Waals surface area (Å²) in [7, 11) is 3.39. The van der Waals surface area contributed by atoms with E-state index in [0.717, 1.165) is 29.2 Å². The standard InChI is InChI=1S/C27H27NO2/c1-19(24-13-7-9-21-8-4-5-12-25(21)24)28-18-20-14-15-27(30-3)26(16-20)22-10-6-11-23(17-22)29-2/h4-17,19,28H,18H2,1-3H3/t19-/m1/s1. The number of nitrogens with one attached hydrogen (secondary N) is 1. The van der Waals surface area contributed by atoms with Crippen molar-refractivity contribution in [1.82, 2.24) is 5.32 Å². The largest absolute Gasteiger partial charge is 0.497 e. The number of hydrogen-bond donors (Lipinski definition) is 1. The quantitative estimate of drug-likeness (QED) is 0.393. The first kappa shape index (κ1) is 20.0. The zero-order valence-corrected chi connectivity index (χ0v) is 17.7. The number of methoxy groups -OCH3 is 2. The van der Waals surface area contributed by atoms with Crippen LogP contribution in [-0.2, 0) is 6.54 Å². The Bertz CT molecular complexity index is 1150. The van der Waals surface area contributed by atoms with Gasteiger partial charge >= 0.3 is 0 Å². The highest BCUT2D eigenvalue weighted by atomic mass is 16.5. The molecule has 0 saturated heterocycles. The van der Waals surface area contributed by atoms with E-state index in [-0.39, 0.29) is 6.04 Å². The molecule has 0 saturated carbocycles. The molecule has 0 heterocycles. The van der Waals surface area contributed by atoms with Crippen LogP contribution in [0.1, 0.15) is 24.1 Å². The van der Waals surface area contributed by atoms with Crippen LogP contribution in [-0.4, -0.2) is 14.2 Å². The lowest BCUT2D eigenvalue weighted by atomic mass is 9.99. The molecular weight excluding hydrogens is 370 g/mol. The number of hydrogen-bond acceptors (Lipinski definition) is 3. The third-order valence-corrected chi connectivity index (χ3v) is 5.55. The molecule has 0 aliphatic carbocycles. The molecule has 4 rings (SSSR count). The Balaban J connectivity index is 1.57. The monoisotopic (exact) mass is 397 g/mol. The highest BCUT2D eigenvalue weighted by molar-refractivity contribution is 5.86. The van der Waals surface area contributed by atoms with E-state index in [2.05, 4.69) is 72.9 Å². The van der Waals surface area contributed by atoms with Gasteiger partial charge in [-0.1, -0.05) is 60.7 Å². The van der Waals surface area contributed by atoms with E-state index in [1.807, 2.05) is 24.3 Å². The number of ether oxygens (including phenoxy) is 2. The van der Waals surface area contributed by atoms with Gasteiger partial charge in [-0.2, -0.15) is 0 Å². The topological polar surface area (TPSA) is 30.5 Å². The smallest absolute Gasteiger partial charge is 0.126 e. The highest BCUT2D eigenvalue weighted by Gasteiger charge is 2.11. The van der Waals surface area contributed by atoms with Crippen molar-refractivity contribution in [3.05, 3.63) is 96.1 Å². The summed E-state index contributed by atoms with van der Waals surface area (Å²) in [5.41, 5.74) is 4.67. The molecule has 0 spiro atoms. The molecule has 3 nitrogen and oxygen atoms in total. The predicted molar refractivity (Wildman–Crippen MR) is 124 cm³/mol.